The number of amides is 1. The number of methoxy groups -OCH3 is 1. The van der Waals surface area contributed by atoms with E-state index in [2.05, 4.69) is 16.3 Å². The first-order chi connectivity index (χ1) is 12.5. The summed E-state index contributed by atoms with van der Waals surface area (Å²) in [5.41, 5.74) is 1.51. The topological polar surface area (TPSA) is 58.6 Å². The lowest BCUT2D eigenvalue weighted by Gasteiger charge is -2.27. The van der Waals surface area contributed by atoms with Crippen LogP contribution in [0.3, 0.4) is 0 Å². The van der Waals surface area contributed by atoms with Gasteiger partial charge in [0.2, 0.25) is 0 Å². The minimum atomic E-state index is -0.624. The standard InChI is InChI=1S/C21H22N2O3/c1-21-13-23(11-14-6-5-7-15(10-14)26-2)12-18(21)22-20(25)17-9-4-3-8-16(17)19(21)24/h3-10,18H,11-13H2,1-2H3,(H,22,25)/t18-,21+/m1/s1. The highest BCUT2D eigenvalue weighted by atomic mass is 16.5. The Morgan fingerprint density at radius 1 is 1.15 bits per heavy atom. The van der Waals surface area contributed by atoms with Gasteiger partial charge in [0.05, 0.1) is 24.1 Å². The van der Waals surface area contributed by atoms with Gasteiger partial charge in [0.25, 0.3) is 5.91 Å². The predicted octanol–water partition coefficient (Wildman–Crippen LogP) is 2.51. The smallest absolute Gasteiger partial charge is 0.252 e. The lowest BCUT2D eigenvalue weighted by Crippen LogP contribution is -2.47. The largest absolute Gasteiger partial charge is 0.497 e. The average molecular weight is 350 g/mol. The van der Waals surface area contributed by atoms with Gasteiger partial charge in [0.15, 0.2) is 5.78 Å². The van der Waals surface area contributed by atoms with Crippen LogP contribution >= 0.6 is 0 Å². The molecule has 5 heteroatoms. The van der Waals surface area contributed by atoms with Gasteiger partial charge in [-0.25, -0.2) is 0 Å². The molecule has 26 heavy (non-hydrogen) atoms. The molecule has 2 aliphatic heterocycles. The number of likely N-dealkylation sites (tertiary alicyclic amines) is 1. The minimum absolute atomic E-state index is 0.0459. The summed E-state index contributed by atoms with van der Waals surface area (Å²) in [6.07, 6.45) is 0. The van der Waals surface area contributed by atoms with Crippen molar-refractivity contribution in [1.82, 2.24) is 10.2 Å². The first-order valence-corrected chi connectivity index (χ1v) is 8.81. The van der Waals surface area contributed by atoms with Crippen LogP contribution in [-0.4, -0.2) is 42.8 Å². The van der Waals surface area contributed by atoms with Crippen LogP contribution in [0.2, 0.25) is 0 Å². The van der Waals surface area contributed by atoms with E-state index in [9.17, 15) is 9.59 Å². The summed E-state index contributed by atoms with van der Waals surface area (Å²) in [6, 6.07) is 14.8. The van der Waals surface area contributed by atoms with E-state index in [4.69, 9.17) is 4.74 Å². The van der Waals surface area contributed by atoms with Gasteiger partial charge in [0, 0.05) is 25.2 Å². The highest BCUT2D eigenvalue weighted by Gasteiger charge is 2.51. The Balaban J connectivity index is 1.61. The number of benzene rings is 2. The Morgan fingerprint density at radius 3 is 2.69 bits per heavy atom. The maximum atomic E-state index is 13.2. The number of nitrogens with zero attached hydrogens (tertiary/aromatic N) is 1. The number of nitrogens with one attached hydrogen (secondary N) is 1. The summed E-state index contributed by atoms with van der Waals surface area (Å²) < 4.78 is 5.29. The summed E-state index contributed by atoms with van der Waals surface area (Å²) in [4.78, 5) is 28.1. The summed E-state index contributed by atoms with van der Waals surface area (Å²) in [6.45, 7) is 3.95. The van der Waals surface area contributed by atoms with Crippen molar-refractivity contribution in [2.75, 3.05) is 20.2 Å². The molecular formula is C21H22N2O3. The number of fused-ring (bicyclic) bond motifs is 2. The fraction of sp³-hybridized carbons (Fsp3) is 0.333. The zero-order chi connectivity index (χ0) is 18.3. The van der Waals surface area contributed by atoms with Crippen LogP contribution in [-0.2, 0) is 6.54 Å². The van der Waals surface area contributed by atoms with Gasteiger partial charge >= 0.3 is 0 Å². The van der Waals surface area contributed by atoms with Crippen molar-refractivity contribution in [3.63, 3.8) is 0 Å². The van der Waals surface area contributed by atoms with Crippen LogP contribution in [0.5, 0.6) is 5.75 Å². The molecule has 2 heterocycles. The molecule has 0 bridgehead atoms. The van der Waals surface area contributed by atoms with E-state index in [1.165, 1.54) is 0 Å². The molecule has 4 rings (SSSR count). The first-order valence-electron chi connectivity index (χ1n) is 8.81. The van der Waals surface area contributed by atoms with Gasteiger partial charge in [-0.05, 0) is 30.7 Å². The lowest BCUT2D eigenvalue weighted by molar-refractivity contribution is 0.0789. The van der Waals surface area contributed by atoms with Crippen molar-refractivity contribution < 1.29 is 14.3 Å². The monoisotopic (exact) mass is 350 g/mol. The van der Waals surface area contributed by atoms with E-state index in [-0.39, 0.29) is 17.7 Å². The van der Waals surface area contributed by atoms with E-state index in [1.54, 1.807) is 25.3 Å². The van der Waals surface area contributed by atoms with E-state index in [0.717, 1.165) is 11.3 Å². The van der Waals surface area contributed by atoms with Crippen molar-refractivity contribution in [3.8, 4) is 5.75 Å². The predicted molar refractivity (Wildman–Crippen MR) is 98.4 cm³/mol. The molecule has 2 aliphatic rings. The van der Waals surface area contributed by atoms with Gasteiger partial charge < -0.3 is 10.1 Å². The number of Topliss-reactive ketones (excluding diaryl/α,β-unsaturated/α-hetero) is 1. The quantitative estimate of drug-likeness (QED) is 0.924. The molecule has 2 aromatic carbocycles. The summed E-state index contributed by atoms with van der Waals surface area (Å²) >= 11 is 0. The fourth-order valence-electron chi connectivity index (χ4n) is 4.11. The number of rotatable bonds is 3. The van der Waals surface area contributed by atoms with Crippen LogP contribution in [0.15, 0.2) is 48.5 Å². The van der Waals surface area contributed by atoms with E-state index < -0.39 is 5.41 Å². The summed E-state index contributed by atoms with van der Waals surface area (Å²) in [7, 11) is 1.65. The van der Waals surface area contributed by atoms with Crippen molar-refractivity contribution in [1.29, 1.82) is 0 Å². The van der Waals surface area contributed by atoms with Crippen molar-refractivity contribution in [2.45, 2.75) is 19.5 Å². The molecule has 0 radical (unpaired) electrons. The second-order valence-corrected chi connectivity index (χ2v) is 7.34. The molecule has 0 aromatic heterocycles. The highest BCUT2D eigenvalue weighted by molar-refractivity contribution is 6.12. The van der Waals surface area contributed by atoms with Gasteiger partial charge in [-0.15, -0.1) is 0 Å². The molecular weight excluding hydrogens is 328 g/mol. The van der Waals surface area contributed by atoms with E-state index in [1.807, 2.05) is 31.2 Å². The zero-order valence-corrected chi connectivity index (χ0v) is 15.0. The van der Waals surface area contributed by atoms with Crippen LogP contribution < -0.4 is 10.1 Å². The third-order valence-corrected chi connectivity index (χ3v) is 5.54. The van der Waals surface area contributed by atoms with E-state index in [0.29, 0.717) is 30.8 Å². The average Bonchev–Trinajstić information content (AvgIpc) is 2.93. The lowest BCUT2D eigenvalue weighted by atomic mass is 9.78. The van der Waals surface area contributed by atoms with Crippen LogP contribution in [0.4, 0.5) is 0 Å². The molecule has 2 aromatic rings. The molecule has 1 fully saturated rings. The maximum Gasteiger partial charge on any atom is 0.252 e. The van der Waals surface area contributed by atoms with Gasteiger partial charge in [-0.3, -0.25) is 14.5 Å². The minimum Gasteiger partial charge on any atom is -0.497 e. The van der Waals surface area contributed by atoms with Gasteiger partial charge in [0.1, 0.15) is 5.75 Å². The van der Waals surface area contributed by atoms with Gasteiger partial charge in [-0.1, -0.05) is 30.3 Å². The number of ketones is 1. The van der Waals surface area contributed by atoms with Gasteiger partial charge in [-0.2, -0.15) is 0 Å². The molecule has 2 atom stereocenters. The van der Waals surface area contributed by atoms with E-state index >= 15 is 0 Å². The number of hydrogen-bond donors (Lipinski definition) is 1. The first kappa shape index (κ1) is 16.8. The molecule has 0 saturated carbocycles. The van der Waals surface area contributed by atoms with Crippen molar-refractivity contribution >= 4 is 11.7 Å². The van der Waals surface area contributed by atoms with Crippen LogP contribution in [0.1, 0.15) is 33.2 Å². The Hall–Kier alpha value is -2.66. The number of carbonyl (C=O) groups excluding carboxylic acids is 2. The Kier molecular flexibility index (Phi) is 4.04. The fourth-order valence-corrected chi connectivity index (χ4v) is 4.11. The normalized spacial score (nSPS) is 25.2. The Morgan fingerprint density at radius 2 is 1.92 bits per heavy atom. The van der Waals surface area contributed by atoms with Crippen LogP contribution in [0, 0.1) is 5.41 Å². The SMILES string of the molecule is COc1cccc(CN2C[C@H]3NC(=O)c4ccccc4C(=O)[C@@]3(C)C2)c1. The number of ether oxygens (including phenoxy) is 1. The zero-order valence-electron chi connectivity index (χ0n) is 15.0. The second kappa shape index (κ2) is 6.25. The molecule has 5 nitrogen and oxygen atoms in total. The molecule has 1 saturated heterocycles. The molecule has 0 spiro atoms. The second-order valence-electron chi connectivity index (χ2n) is 7.34. The third kappa shape index (κ3) is 2.69. The molecule has 1 amide bonds. The molecule has 0 aliphatic carbocycles. The molecule has 1 N–H and O–H groups in total. The highest BCUT2D eigenvalue weighted by Crippen LogP contribution is 2.37. The number of carbonyl (C=O) groups is 2. The summed E-state index contributed by atoms with van der Waals surface area (Å²) in [5.74, 6) is 0.705. The van der Waals surface area contributed by atoms with Crippen molar-refractivity contribution in [3.05, 3.63) is 65.2 Å². The molecule has 134 valence electrons. The van der Waals surface area contributed by atoms with Crippen molar-refractivity contribution in [2.24, 2.45) is 5.41 Å². The Labute approximate surface area is 153 Å². The maximum absolute atomic E-state index is 13.2. The number of hydrogen-bond acceptors (Lipinski definition) is 4. The third-order valence-electron chi connectivity index (χ3n) is 5.54. The van der Waals surface area contributed by atoms with Crippen LogP contribution in [0.25, 0.3) is 0 Å². The summed E-state index contributed by atoms with van der Waals surface area (Å²) in [5, 5.41) is 3.08. The molecule has 0 unspecified atom stereocenters. The Bertz CT molecular complexity index is 879.